The first kappa shape index (κ1) is 19.0. The van der Waals surface area contributed by atoms with Gasteiger partial charge in [0.2, 0.25) is 0 Å². The van der Waals surface area contributed by atoms with Gasteiger partial charge in [-0.3, -0.25) is 4.79 Å². The lowest BCUT2D eigenvalue weighted by atomic mass is 10.1. The molecule has 0 aliphatic heterocycles. The van der Waals surface area contributed by atoms with Crippen molar-refractivity contribution >= 4 is 28.9 Å². The summed E-state index contributed by atoms with van der Waals surface area (Å²) in [5.74, 6) is -0.147. The van der Waals surface area contributed by atoms with E-state index in [1.807, 2.05) is 55.5 Å². The molecule has 4 heteroatoms. The number of rotatable bonds is 6. The first-order chi connectivity index (χ1) is 13.1. The molecule has 0 unspecified atom stereocenters. The Bertz CT molecular complexity index is 953. The minimum atomic E-state index is -0.147. The summed E-state index contributed by atoms with van der Waals surface area (Å²) in [5, 5.41) is 7.00. The number of carbonyl (C=O) groups is 1. The lowest BCUT2D eigenvalue weighted by molar-refractivity contribution is 0.102. The third-order valence-electron chi connectivity index (χ3n) is 4.50. The number of aryl methyl sites for hydroxylation is 2. The van der Waals surface area contributed by atoms with Crippen LogP contribution in [0.15, 0.2) is 66.7 Å². The Morgan fingerprint density at radius 2 is 1.81 bits per heavy atom. The second-order valence-corrected chi connectivity index (χ2v) is 6.89. The summed E-state index contributed by atoms with van der Waals surface area (Å²) in [6, 6.07) is 21.4. The number of amides is 1. The van der Waals surface area contributed by atoms with Gasteiger partial charge in [-0.05, 0) is 60.4 Å². The molecule has 0 heterocycles. The molecule has 2 N–H and O–H groups in total. The summed E-state index contributed by atoms with van der Waals surface area (Å²) >= 11 is 6.13. The maximum Gasteiger partial charge on any atom is 0.255 e. The van der Waals surface area contributed by atoms with E-state index in [1.165, 1.54) is 5.56 Å². The van der Waals surface area contributed by atoms with Gasteiger partial charge in [-0.1, -0.05) is 54.9 Å². The van der Waals surface area contributed by atoms with E-state index in [0.717, 1.165) is 23.2 Å². The van der Waals surface area contributed by atoms with Gasteiger partial charge in [0.25, 0.3) is 5.91 Å². The summed E-state index contributed by atoms with van der Waals surface area (Å²) in [5.41, 5.74) is 5.75. The minimum absolute atomic E-state index is 0.147. The van der Waals surface area contributed by atoms with Crippen LogP contribution in [0.1, 0.15) is 34.0 Å². The zero-order chi connectivity index (χ0) is 19.2. The third-order valence-corrected chi connectivity index (χ3v) is 4.91. The molecule has 3 aromatic rings. The highest BCUT2D eigenvalue weighted by atomic mass is 35.5. The smallest absolute Gasteiger partial charge is 0.255 e. The lowest BCUT2D eigenvalue weighted by Crippen LogP contribution is -2.12. The van der Waals surface area contributed by atoms with Gasteiger partial charge >= 0.3 is 0 Å². The molecule has 0 aromatic heterocycles. The van der Waals surface area contributed by atoms with E-state index >= 15 is 0 Å². The molecule has 0 fully saturated rings. The number of nitrogens with one attached hydrogen (secondary N) is 2. The predicted octanol–water partition coefficient (Wildman–Crippen LogP) is 6.08. The van der Waals surface area contributed by atoms with Crippen molar-refractivity contribution in [2.75, 3.05) is 10.6 Å². The van der Waals surface area contributed by atoms with Crippen LogP contribution in [0.4, 0.5) is 11.4 Å². The Morgan fingerprint density at radius 1 is 1.00 bits per heavy atom. The zero-order valence-corrected chi connectivity index (χ0v) is 16.3. The van der Waals surface area contributed by atoms with Gasteiger partial charge in [-0.15, -0.1) is 0 Å². The van der Waals surface area contributed by atoms with Crippen molar-refractivity contribution in [1.29, 1.82) is 0 Å². The molecule has 0 bridgehead atoms. The van der Waals surface area contributed by atoms with Crippen LogP contribution >= 0.6 is 11.6 Å². The van der Waals surface area contributed by atoms with Crippen molar-refractivity contribution in [2.45, 2.75) is 26.8 Å². The van der Waals surface area contributed by atoms with Gasteiger partial charge in [-0.2, -0.15) is 0 Å². The minimum Gasteiger partial charge on any atom is -0.381 e. The summed E-state index contributed by atoms with van der Waals surface area (Å²) < 4.78 is 0. The molecule has 0 radical (unpaired) electrons. The van der Waals surface area contributed by atoms with E-state index in [-0.39, 0.29) is 5.91 Å². The highest BCUT2D eigenvalue weighted by molar-refractivity contribution is 6.31. The summed E-state index contributed by atoms with van der Waals surface area (Å²) in [6.07, 6.45) is 0.977. The Labute approximate surface area is 165 Å². The van der Waals surface area contributed by atoms with Crippen LogP contribution in [-0.4, -0.2) is 5.91 Å². The number of hydrogen-bond acceptors (Lipinski definition) is 2. The van der Waals surface area contributed by atoms with Crippen LogP contribution in [0.5, 0.6) is 0 Å². The van der Waals surface area contributed by atoms with E-state index in [0.29, 0.717) is 22.8 Å². The van der Waals surface area contributed by atoms with Crippen molar-refractivity contribution in [3.63, 3.8) is 0 Å². The molecule has 3 aromatic carbocycles. The van der Waals surface area contributed by atoms with Crippen molar-refractivity contribution in [3.05, 3.63) is 94.0 Å². The second-order valence-electron chi connectivity index (χ2n) is 6.48. The highest BCUT2D eigenvalue weighted by Crippen LogP contribution is 2.21. The molecule has 3 rings (SSSR count). The van der Waals surface area contributed by atoms with Gasteiger partial charge in [-0.25, -0.2) is 0 Å². The van der Waals surface area contributed by atoms with E-state index in [1.54, 1.807) is 6.07 Å². The molecule has 27 heavy (non-hydrogen) atoms. The van der Waals surface area contributed by atoms with E-state index < -0.39 is 0 Å². The van der Waals surface area contributed by atoms with Gasteiger partial charge in [0, 0.05) is 28.5 Å². The monoisotopic (exact) mass is 378 g/mol. The van der Waals surface area contributed by atoms with Crippen molar-refractivity contribution in [3.8, 4) is 0 Å². The number of carbonyl (C=O) groups excluding carboxylic acids is 1. The Balaban J connectivity index is 1.69. The van der Waals surface area contributed by atoms with Crippen LogP contribution in [-0.2, 0) is 13.0 Å². The van der Waals surface area contributed by atoms with Crippen LogP contribution < -0.4 is 10.6 Å². The van der Waals surface area contributed by atoms with Crippen LogP contribution in [0.3, 0.4) is 0 Å². The molecule has 0 spiro atoms. The fraction of sp³-hybridized carbons (Fsp3) is 0.174. The first-order valence-electron chi connectivity index (χ1n) is 9.05. The topological polar surface area (TPSA) is 41.1 Å². The van der Waals surface area contributed by atoms with Crippen molar-refractivity contribution < 1.29 is 4.79 Å². The van der Waals surface area contributed by atoms with Gasteiger partial charge in [0.05, 0.1) is 0 Å². The normalized spacial score (nSPS) is 10.5. The largest absolute Gasteiger partial charge is 0.381 e. The van der Waals surface area contributed by atoms with Crippen LogP contribution in [0.25, 0.3) is 0 Å². The quantitative estimate of drug-likeness (QED) is 0.546. The van der Waals surface area contributed by atoms with Gasteiger partial charge < -0.3 is 10.6 Å². The van der Waals surface area contributed by atoms with Gasteiger partial charge in [0.1, 0.15) is 0 Å². The first-order valence-corrected chi connectivity index (χ1v) is 9.43. The third kappa shape index (κ3) is 4.89. The summed E-state index contributed by atoms with van der Waals surface area (Å²) in [7, 11) is 0. The van der Waals surface area contributed by atoms with E-state index in [2.05, 4.69) is 29.7 Å². The fourth-order valence-corrected chi connectivity index (χ4v) is 3.08. The summed E-state index contributed by atoms with van der Waals surface area (Å²) in [4.78, 5) is 12.6. The number of hydrogen-bond donors (Lipinski definition) is 2. The lowest BCUT2D eigenvalue weighted by Gasteiger charge is -2.12. The van der Waals surface area contributed by atoms with Gasteiger partial charge in [0.15, 0.2) is 0 Å². The summed E-state index contributed by atoms with van der Waals surface area (Å²) in [6.45, 7) is 4.73. The Kier molecular flexibility index (Phi) is 6.15. The molecule has 0 aliphatic carbocycles. The van der Waals surface area contributed by atoms with Crippen molar-refractivity contribution in [1.82, 2.24) is 0 Å². The number of para-hydroxylation sites is 1. The molecule has 0 aliphatic rings. The predicted molar refractivity (Wildman–Crippen MR) is 114 cm³/mol. The molecular weight excluding hydrogens is 356 g/mol. The second kappa shape index (κ2) is 8.74. The van der Waals surface area contributed by atoms with Crippen LogP contribution in [0, 0.1) is 6.92 Å². The SMILES string of the molecule is CCc1ccccc1NCc1cccc(C(=O)Nc2ccc(C)c(Cl)c2)c1. The standard InChI is InChI=1S/C23H23ClN2O/c1-3-18-8-4-5-10-22(18)25-15-17-7-6-9-19(13-17)23(27)26-20-12-11-16(2)21(24)14-20/h4-14,25H,3,15H2,1-2H3,(H,26,27). The number of anilines is 2. The molecule has 138 valence electrons. The molecular formula is C23H23ClN2O. The van der Waals surface area contributed by atoms with Crippen LogP contribution in [0.2, 0.25) is 5.02 Å². The molecule has 0 saturated heterocycles. The number of benzene rings is 3. The zero-order valence-electron chi connectivity index (χ0n) is 15.6. The van der Waals surface area contributed by atoms with E-state index in [4.69, 9.17) is 11.6 Å². The Hall–Kier alpha value is -2.78. The molecule has 0 atom stereocenters. The average Bonchev–Trinajstić information content (AvgIpc) is 2.69. The van der Waals surface area contributed by atoms with E-state index in [9.17, 15) is 4.79 Å². The average molecular weight is 379 g/mol. The maximum atomic E-state index is 12.6. The fourth-order valence-electron chi connectivity index (χ4n) is 2.89. The highest BCUT2D eigenvalue weighted by Gasteiger charge is 2.08. The molecule has 0 saturated carbocycles. The maximum absolute atomic E-state index is 12.6. The molecule has 1 amide bonds. The number of halogens is 1. The molecule has 3 nitrogen and oxygen atoms in total. The Morgan fingerprint density at radius 3 is 2.59 bits per heavy atom. The van der Waals surface area contributed by atoms with Crippen molar-refractivity contribution in [2.24, 2.45) is 0 Å².